The maximum absolute atomic E-state index is 9.50. The lowest BCUT2D eigenvalue weighted by Gasteiger charge is -2.03. The minimum Gasteiger partial charge on any atom is -0.508 e. The topological polar surface area (TPSA) is 38.0 Å². The first-order valence-electron chi connectivity index (χ1n) is 6.15. The second-order valence-corrected chi connectivity index (χ2v) is 4.48. The number of aryl methyl sites for hydroxylation is 1. The van der Waals surface area contributed by atoms with Crippen LogP contribution in [0.5, 0.6) is 5.75 Å². The second-order valence-electron chi connectivity index (χ2n) is 4.48. The molecule has 3 aromatic rings. The van der Waals surface area contributed by atoms with E-state index in [9.17, 15) is 5.11 Å². The molecule has 3 rings (SSSR count). The smallest absolute Gasteiger partial charge is 0.117 e. The van der Waals surface area contributed by atoms with E-state index in [1.54, 1.807) is 22.9 Å². The number of aromatic nitrogens is 2. The zero-order valence-corrected chi connectivity index (χ0v) is 10.6. The lowest BCUT2D eigenvalue weighted by atomic mass is 10.1. The highest BCUT2D eigenvalue weighted by atomic mass is 16.3. The fourth-order valence-electron chi connectivity index (χ4n) is 2.11. The van der Waals surface area contributed by atoms with Crippen molar-refractivity contribution >= 4 is 0 Å². The lowest BCUT2D eigenvalue weighted by molar-refractivity contribution is 0.475. The molecule has 1 N–H and O–H groups in total. The molecule has 0 saturated carbocycles. The summed E-state index contributed by atoms with van der Waals surface area (Å²) in [5.74, 6) is 0.241. The fourth-order valence-corrected chi connectivity index (χ4v) is 2.11. The van der Waals surface area contributed by atoms with Crippen LogP contribution in [-0.4, -0.2) is 14.9 Å². The molecule has 1 heterocycles. The van der Waals surface area contributed by atoms with E-state index < -0.39 is 0 Å². The normalized spacial score (nSPS) is 10.6. The molecular formula is C16H14N2O. The Morgan fingerprint density at radius 1 is 1.00 bits per heavy atom. The van der Waals surface area contributed by atoms with Crippen LogP contribution < -0.4 is 0 Å². The molecule has 0 amide bonds. The number of aromatic hydroxyl groups is 1. The first-order chi connectivity index (χ1) is 9.24. The van der Waals surface area contributed by atoms with E-state index in [-0.39, 0.29) is 5.75 Å². The molecule has 0 unspecified atom stereocenters. The van der Waals surface area contributed by atoms with Crippen LogP contribution in [0.25, 0.3) is 16.9 Å². The highest BCUT2D eigenvalue weighted by Gasteiger charge is 2.06. The van der Waals surface area contributed by atoms with E-state index in [2.05, 4.69) is 24.2 Å². The van der Waals surface area contributed by atoms with Crippen LogP contribution in [0.15, 0.2) is 60.8 Å². The maximum atomic E-state index is 9.50. The standard InChI is InChI=1S/C16H14N2O/c1-12-5-2-3-8-15(12)16-9-10-18(17-16)13-6-4-7-14(19)11-13/h2-11,19H,1H3. The molecule has 0 fully saturated rings. The predicted octanol–water partition coefficient (Wildman–Crippen LogP) is 3.55. The van der Waals surface area contributed by atoms with Crippen molar-refractivity contribution in [3.8, 4) is 22.7 Å². The largest absolute Gasteiger partial charge is 0.508 e. The third-order valence-corrected chi connectivity index (χ3v) is 3.10. The van der Waals surface area contributed by atoms with Gasteiger partial charge in [-0.25, -0.2) is 4.68 Å². The van der Waals surface area contributed by atoms with Crippen LogP contribution in [0.3, 0.4) is 0 Å². The number of rotatable bonds is 2. The van der Waals surface area contributed by atoms with Gasteiger partial charge in [0.05, 0.1) is 11.4 Å². The van der Waals surface area contributed by atoms with Crippen LogP contribution in [0, 0.1) is 6.92 Å². The van der Waals surface area contributed by atoms with E-state index in [0.717, 1.165) is 16.9 Å². The first kappa shape index (κ1) is 11.5. The lowest BCUT2D eigenvalue weighted by Crippen LogP contribution is -1.94. The van der Waals surface area contributed by atoms with Gasteiger partial charge in [0.2, 0.25) is 0 Å². The zero-order valence-electron chi connectivity index (χ0n) is 10.6. The third-order valence-electron chi connectivity index (χ3n) is 3.10. The van der Waals surface area contributed by atoms with Gasteiger partial charge in [0.1, 0.15) is 5.75 Å². The molecule has 1 aromatic heterocycles. The summed E-state index contributed by atoms with van der Waals surface area (Å²) in [6.07, 6.45) is 1.90. The molecule has 0 aliphatic heterocycles. The minimum absolute atomic E-state index is 0.241. The van der Waals surface area contributed by atoms with Crippen LogP contribution >= 0.6 is 0 Å². The number of hydrogen-bond acceptors (Lipinski definition) is 2. The molecule has 0 aliphatic carbocycles. The molecule has 0 spiro atoms. The van der Waals surface area contributed by atoms with E-state index >= 15 is 0 Å². The van der Waals surface area contributed by atoms with E-state index in [1.165, 1.54) is 5.56 Å². The summed E-state index contributed by atoms with van der Waals surface area (Å²) in [5.41, 5.74) is 4.10. The second kappa shape index (κ2) is 4.61. The summed E-state index contributed by atoms with van der Waals surface area (Å²) >= 11 is 0. The van der Waals surface area contributed by atoms with Crippen molar-refractivity contribution in [3.05, 3.63) is 66.4 Å². The van der Waals surface area contributed by atoms with Gasteiger partial charge in [-0.3, -0.25) is 0 Å². The summed E-state index contributed by atoms with van der Waals surface area (Å²) in [7, 11) is 0. The van der Waals surface area contributed by atoms with Crippen LogP contribution in [0.4, 0.5) is 0 Å². The molecule has 3 heteroatoms. The molecule has 0 aliphatic rings. The molecule has 3 nitrogen and oxygen atoms in total. The van der Waals surface area contributed by atoms with E-state index in [4.69, 9.17) is 0 Å². The van der Waals surface area contributed by atoms with Crippen molar-refractivity contribution in [1.82, 2.24) is 9.78 Å². The number of nitrogens with zero attached hydrogens (tertiary/aromatic N) is 2. The Morgan fingerprint density at radius 2 is 1.84 bits per heavy atom. The average Bonchev–Trinajstić information content (AvgIpc) is 2.89. The van der Waals surface area contributed by atoms with E-state index in [1.807, 2.05) is 30.5 Å². The summed E-state index contributed by atoms with van der Waals surface area (Å²) < 4.78 is 1.77. The molecular weight excluding hydrogens is 236 g/mol. The van der Waals surface area contributed by atoms with Crippen LogP contribution in [0.1, 0.15) is 5.56 Å². The van der Waals surface area contributed by atoms with E-state index in [0.29, 0.717) is 0 Å². The van der Waals surface area contributed by atoms with Gasteiger partial charge in [-0.2, -0.15) is 5.10 Å². The van der Waals surface area contributed by atoms with Crippen LogP contribution in [0.2, 0.25) is 0 Å². The van der Waals surface area contributed by atoms with Crippen molar-refractivity contribution < 1.29 is 5.11 Å². The molecule has 19 heavy (non-hydrogen) atoms. The van der Waals surface area contributed by atoms with Gasteiger partial charge in [-0.15, -0.1) is 0 Å². The zero-order chi connectivity index (χ0) is 13.2. The van der Waals surface area contributed by atoms with Gasteiger partial charge >= 0.3 is 0 Å². The number of phenolic OH excluding ortho intramolecular Hbond substituents is 1. The molecule has 2 aromatic carbocycles. The summed E-state index contributed by atoms with van der Waals surface area (Å²) in [5, 5.41) is 14.1. The number of phenols is 1. The number of benzene rings is 2. The van der Waals surface area contributed by atoms with Gasteiger partial charge in [0.15, 0.2) is 0 Å². The van der Waals surface area contributed by atoms with Crippen molar-refractivity contribution in [1.29, 1.82) is 0 Å². The predicted molar refractivity (Wildman–Crippen MR) is 75.4 cm³/mol. The quantitative estimate of drug-likeness (QED) is 0.755. The Bertz CT molecular complexity index is 716. The molecule has 94 valence electrons. The monoisotopic (exact) mass is 250 g/mol. The van der Waals surface area contributed by atoms with Crippen molar-refractivity contribution in [2.45, 2.75) is 6.92 Å². The Kier molecular flexibility index (Phi) is 2.80. The van der Waals surface area contributed by atoms with Gasteiger partial charge in [-0.05, 0) is 30.7 Å². The third kappa shape index (κ3) is 2.22. The Balaban J connectivity index is 2.03. The maximum Gasteiger partial charge on any atom is 0.117 e. The summed E-state index contributed by atoms with van der Waals surface area (Å²) in [6, 6.07) is 17.2. The molecule has 0 radical (unpaired) electrons. The SMILES string of the molecule is Cc1ccccc1-c1ccn(-c2cccc(O)c2)n1. The van der Waals surface area contributed by atoms with Crippen molar-refractivity contribution in [2.24, 2.45) is 0 Å². The fraction of sp³-hybridized carbons (Fsp3) is 0.0625. The average molecular weight is 250 g/mol. The molecule has 0 bridgehead atoms. The number of hydrogen-bond donors (Lipinski definition) is 1. The van der Waals surface area contributed by atoms with Crippen LogP contribution in [-0.2, 0) is 0 Å². The highest BCUT2D eigenvalue weighted by Crippen LogP contribution is 2.22. The van der Waals surface area contributed by atoms with Gasteiger partial charge in [0, 0.05) is 17.8 Å². The van der Waals surface area contributed by atoms with Crippen molar-refractivity contribution in [3.63, 3.8) is 0 Å². The Morgan fingerprint density at radius 3 is 2.63 bits per heavy atom. The van der Waals surface area contributed by atoms with Gasteiger partial charge < -0.3 is 5.11 Å². The summed E-state index contributed by atoms with van der Waals surface area (Å²) in [4.78, 5) is 0. The Hall–Kier alpha value is -2.55. The minimum atomic E-state index is 0.241. The summed E-state index contributed by atoms with van der Waals surface area (Å²) in [6.45, 7) is 2.07. The Labute approximate surface area is 111 Å². The molecule has 0 saturated heterocycles. The van der Waals surface area contributed by atoms with Gasteiger partial charge in [0.25, 0.3) is 0 Å². The van der Waals surface area contributed by atoms with Gasteiger partial charge in [-0.1, -0.05) is 30.3 Å². The molecule has 0 atom stereocenters. The first-order valence-corrected chi connectivity index (χ1v) is 6.15. The highest BCUT2D eigenvalue weighted by molar-refractivity contribution is 5.63. The van der Waals surface area contributed by atoms with Crippen molar-refractivity contribution in [2.75, 3.05) is 0 Å².